The minimum atomic E-state index is 0.633. The lowest BCUT2D eigenvalue weighted by molar-refractivity contribution is 0.711. The monoisotopic (exact) mass is 230 g/mol. The third kappa shape index (κ3) is 1.51. The van der Waals surface area contributed by atoms with Crippen LogP contribution in [0, 0.1) is 6.92 Å². The van der Waals surface area contributed by atoms with Crippen LogP contribution < -0.4 is 5.73 Å². The molecule has 3 rings (SSSR count). The van der Waals surface area contributed by atoms with Gasteiger partial charge < -0.3 is 5.73 Å². The highest BCUT2D eigenvalue weighted by Crippen LogP contribution is 2.31. The maximum Gasteiger partial charge on any atom is 0.160 e. The fourth-order valence-corrected chi connectivity index (χ4v) is 2.94. The highest BCUT2D eigenvalue weighted by molar-refractivity contribution is 5.91. The van der Waals surface area contributed by atoms with E-state index in [9.17, 15) is 0 Å². The van der Waals surface area contributed by atoms with Gasteiger partial charge in [-0.1, -0.05) is 6.42 Å². The predicted octanol–water partition coefficient (Wildman–Crippen LogP) is 2.13. The lowest BCUT2D eigenvalue weighted by Crippen LogP contribution is -2.01. The molecule has 1 aliphatic carbocycles. The van der Waals surface area contributed by atoms with E-state index in [1.54, 1.807) is 4.68 Å². The molecule has 0 saturated carbocycles. The molecule has 0 unspecified atom stereocenters. The summed E-state index contributed by atoms with van der Waals surface area (Å²) in [5.74, 6) is 0.633. The van der Waals surface area contributed by atoms with Gasteiger partial charge in [-0.2, -0.15) is 5.10 Å². The Morgan fingerprint density at radius 3 is 2.59 bits per heavy atom. The lowest BCUT2D eigenvalue weighted by atomic mass is 9.99. The lowest BCUT2D eigenvalue weighted by Gasteiger charge is -2.10. The maximum absolute atomic E-state index is 6.03. The van der Waals surface area contributed by atoms with Gasteiger partial charge in [0.25, 0.3) is 0 Å². The highest BCUT2D eigenvalue weighted by Gasteiger charge is 2.19. The van der Waals surface area contributed by atoms with Gasteiger partial charge in [0, 0.05) is 12.7 Å². The molecule has 0 spiro atoms. The van der Waals surface area contributed by atoms with E-state index in [1.807, 2.05) is 7.05 Å². The molecule has 0 aliphatic heterocycles. The molecule has 2 heterocycles. The largest absolute Gasteiger partial charge is 0.382 e. The summed E-state index contributed by atoms with van der Waals surface area (Å²) in [5.41, 5.74) is 10.9. The number of pyridine rings is 1. The van der Waals surface area contributed by atoms with E-state index in [1.165, 1.54) is 30.4 Å². The Balaban J connectivity index is 2.39. The zero-order chi connectivity index (χ0) is 12.0. The minimum Gasteiger partial charge on any atom is -0.382 e. The first-order valence-electron chi connectivity index (χ1n) is 6.29. The van der Waals surface area contributed by atoms with Crippen molar-refractivity contribution in [3.05, 3.63) is 16.8 Å². The first-order valence-corrected chi connectivity index (χ1v) is 6.29. The van der Waals surface area contributed by atoms with Crippen LogP contribution in [0.2, 0.25) is 0 Å². The standard InChI is InChI=1S/C13H18N4/c1-8-9-6-4-3-5-7-10(9)11-12(14)16-17(2)13(11)15-8/h3-7H2,1-2H3,(H2,14,16). The molecule has 2 aromatic heterocycles. The average molecular weight is 230 g/mol. The van der Waals surface area contributed by atoms with Crippen LogP contribution in [0.25, 0.3) is 11.0 Å². The van der Waals surface area contributed by atoms with Crippen LogP contribution in [0.5, 0.6) is 0 Å². The van der Waals surface area contributed by atoms with Crippen LogP contribution in [0.1, 0.15) is 36.1 Å². The van der Waals surface area contributed by atoms with Gasteiger partial charge in [0.05, 0.1) is 5.39 Å². The zero-order valence-electron chi connectivity index (χ0n) is 10.5. The molecule has 90 valence electrons. The van der Waals surface area contributed by atoms with Gasteiger partial charge >= 0.3 is 0 Å². The summed E-state index contributed by atoms with van der Waals surface area (Å²) < 4.78 is 1.79. The van der Waals surface area contributed by atoms with Crippen molar-refractivity contribution in [2.45, 2.75) is 39.0 Å². The van der Waals surface area contributed by atoms with Crippen molar-refractivity contribution in [2.24, 2.45) is 7.05 Å². The molecule has 0 fully saturated rings. The Bertz CT molecular complexity index is 583. The van der Waals surface area contributed by atoms with Crippen molar-refractivity contribution in [1.29, 1.82) is 0 Å². The highest BCUT2D eigenvalue weighted by atomic mass is 15.3. The van der Waals surface area contributed by atoms with E-state index in [0.717, 1.165) is 29.6 Å². The second kappa shape index (κ2) is 3.72. The predicted molar refractivity (Wildman–Crippen MR) is 68.9 cm³/mol. The molecule has 0 saturated heterocycles. The van der Waals surface area contributed by atoms with Crippen LogP contribution in [-0.2, 0) is 19.9 Å². The normalized spacial score (nSPS) is 15.9. The number of nitrogen functional groups attached to an aromatic ring is 1. The maximum atomic E-state index is 6.03. The molecule has 2 aromatic rings. The molecular formula is C13H18N4. The second-order valence-electron chi connectivity index (χ2n) is 4.92. The topological polar surface area (TPSA) is 56.7 Å². The van der Waals surface area contributed by atoms with Crippen LogP contribution in [-0.4, -0.2) is 14.8 Å². The number of hydrogen-bond acceptors (Lipinski definition) is 3. The summed E-state index contributed by atoms with van der Waals surface area (Å²) in [7, 11) is 1.91. The van der Waals surface area contributed by atoms with Gasteiger partial charge in [0.15, 0.2) is 11.5 Å². The summed E-state index contributed by atoms with van der Waals surface area (Å²) in [5, 5.41) is 5.39. The van der Waals surface area contributed by atoms with Crippen molar-refractivity contribution >= 4 is 16.9 Å². The smallest absolute Gasteiger partial charge is 0.160 e. The molecule has 0 aromatic carbocycles. The third-order valence-electron chi connectivity index (χ3n) is 3.77. The van der Waals surface area contributed by atoms with Crippen molar-refractivity contribution in [1.82, 2.24) is 14.8 Å². The van der Waals surface area contributed by atoms with E-state index in [0.29, 0.717) is 5.82 Å². The van der Waals surface area contributed by atoms with Gasteiger partial charge in [-0.05, 0) is 43.7 Å². The summed E-state index contributed by atoms with van der Waals surface area (Å²) in [6.45, 7) is 2.10. The van der Waals surface area contributed by atoms with E-state index >= 15 is 0 Å². The first kappa shape index (κ1) is 10.6. The van der Waals surface area contributed by atoms with Gasteiger partial charge in [-0.25, -0.2) is 9.67 Å². The molecule has 0 atom stereocenters. The van der Waals surface area contributed by atoms with Crippen LogP contribution in [0.4, 0.5) is 5.82 Å². The van der Waals surface area contributed by atoms with Gasteiger partial charge in [0.1, 0.15) is 0 Å². The Morgan fingerprint density at radius 2 is 1.82 bits per heavy atom. The third-order valence-corrected chi connectivity index (χ3v) is 3.77. The summed E-state index contributed by atoms with van der Waals surface area (Å²) >= 11 is 0. The summed E-state index contributed by atoms with van der Waals surface area (Å²) in [6.07, 6.45) is 6.07. The number of nitrogens with zero attached hydrogens (tertiary/aromatic N) is 3. The quantitative estimate of drug-likeness (QED) is 0.705. The number of aromatic nitrogens is 3. The first-order chi connectivity index (χ1) is 8.18. The van der Waals surface area contributed by atoms with E-state index in [2.05, 4.69) is 17.0 Å². The van der Waals surface area contributed by atoms with Crippen molar-refractivity contribution in [3.63, 3.8) is 0 Å². The molecule has 0 bridgehead atoms. The van der Waals surface area contributed by atoms with Crippen molar-refractivity contribution < 1.29 is 0 Å². The average Bonchev–Trinajstić information content (AvgIpc) is 2.52. The molecule has 2 N–H and O–H groups in total. The molecule has 4 nitrogen and oxygen atoms in total. The van der Waals surface area contributed by atoms with Crippen molar-refractivity contribution in [2.75, 3.05) is 5.73 Å². The minimum absolute atomic E-state index is 0.633. The fourth-order valence-electron chi connectivity index (χ4n) is 2.94. The van der Waals surface area contributed by atoms with E-state index < -0.39 is 0 Å². The Hall–Kier alpha value is -1.58. The van der Waals surface area contributed by atoms with E-state index in [-0.39, 0.29) is 0 Å². The molecule has 0 amide bonds. The molecule has 4 heteroatoms. The molecule has 1 aliphatic rings. The summed E-state index contributed by atoms with van der Waals surface area (Å²) in [4.78, 5) is 4.67. The van der Waals surface area contributed by atoms with Gasteiger partial charge in [-0.15, -0.1) is 0 Å². The van der Waals surface area contributed by atoms with Crippen LogP contribution in [0.3, 0.4) is 0 Å². The SMILES string of the molecule is Cc1nc2c(c(N)nn2C)c2c1CCCCC2. The second-order valence-corrected chi connectivity index (χ2v) is 4.92. The van der Waals surface area contributed by atoms with E-state index in [4.69, 9.17) is 5.73 Å². The number of nitrogens with two attached hydrogens (primary N) is 1. The number of fused-ring (bicyclic) bond motifs is 3. The van der Waals surface area contributed by atoms with Crippen molar-refractivity contribution in [3.8, 4) is 0 Å². The number of anilines is 1. The Labute approximate surface area is 101 Å². The van der Waals surface area contributed by atoms with Crippen LogP contribution >= 0.6 is 0 Å². The summed E-state index contributed by atoms with van der Waals surface area (Å²) in [6, 6.07) is 0. The molecule has 17 heavy (non-hydrogen) atoms. The molecular weight excluding hydrogens is 212 g/mol. The Kier molecular flexibility index (Phi) is 2.31. The van der Waals surface area contributed by atoms with Crippen LogP contribution in [0.15, 0.2) is 0 Å². The molecule has 0 radical (unpaired) electrons. The number of aryl methyl sites for hydroxylation is 3. The van der Waals surface area contributed by atoms with Gasteiger partial charge in [0.2, 0.25) is 0 Å². The number of hydrogen-bond donors (Lipinski definition) is 1. The fraction of sp³-hybridized carbons (Fsp3) is 0.538. The Morgan fingerprint density at radius 1 is 1.12 bits per heavy atom. The number of rotatable bonds is 0. The van der Waals surface area contributed by atoms with Gasteiger partial charge in [-0.3, -0.25) is 0 Å². The zero-order valence-corrected chi connectivity index (χ0v) is 10.5.